The van der Waals surface area contributed by atoms with Crippen LogP contribution in [0.2, 0.25) is 5.02 Å². The van der Waals surface area contributed by atoms with Crippen LogP contribution >= 0.6 is 11.6 Å². The summed E-state index contributed by atoms with van der Waals surface area (Å²) in [5.74, 6) is 0. The predicted octanol–water partition coefficient (Wildman–Crippen LogP) is 2.44. The maximum absolute atomic E-state index is 6.27. The molecular weight excluding hydrogens is 284 g/mol. The summed E-state index contributed by atoms with van der Waals surface area (Å²) >= 11 is 6.27. The van der Waals surface area contributed by atoms with Crippen LogP contribution in [0.1, 0.15) is 5.56 Å². The summed E-state index contributed by atoms with van der Waals surface area (Å²) in [4.78, 5) is 4.89. The average Bonchev–Trinajstić information content (AvgIpc) is 2.92. The summed E-state index contributed by atoms with van der Waals surface area (Å²) in [6, 6.07) is 8.10. The van der Waals surface area contributed by atoms with Crippen LogP contribution < -0.4 is 4.90 Å². The van der Waals surface area contributed by atoms with Gasteiger partial charge in [-0.25, -0.2) is 0 Å². The lowest BCUT2D eigenvalue weighted by Gasteiger charge is -2.36. The number of para-hydroxylation sites is 1. The topological polar surface area (TPSA) is 24.3 Å². The lowest BCUT2D eigenvalue weighted by atomic mass is 10.2. The van der Waals surface area contributed by atoms with Crippen LogP contribution in [-0.4, -0.2) is 47.4 Å². The molecule has 112 valence electrons. The van der Waals surface area contributed by atoms with E-state index in [2.05, 4.69) is 33.2 Å². The predicted molar refractivity (Wildman–Crippen MR) is 87.0 cm³/mol. The second kappa shape index (κ2) is 6.50. The Morgan fingerprint density at radius 3 is 2.57 bits per heavy atom. The molecule has 5 heteroatoms. The first kappa shape index (κ1) is 14.4. The fourth-order valence-electron chi connectivity index (χ4n) is 2.81. The second-order valence-electron chi connectivity index (χ2n) is 5.55. The van der Waals surface area contributed by atoms with Crippen molar-refractivity contribution in [3.05, 3.63) is 47.2 Å². The van der Waals surface area contributed by atoms with Gasteiger partial charge in [-0.15, -0.1) is 0 Å². The maximum atomic E-state index is 6.27. The van der Waals surface area contributed by atoms with Gasteiger partial charge in [0.1, 0.15) is 0 Å². The molecule has 1 aliphatic rings. The minimum absolute atomic E-state index is 0.848. The largest absolute Gasteiger partial charge is 0.368 e. The zero-order valence-corrected chi connectivity index (χ0v) is 13.1. The van der Waals surface area contributed by atoms with E-state index in [1.54, 1.807) is 0 Å². The van der Waals surface area contributed by atoms with Gasteiger partial charge in [0.2, 0.25) is 0 Å². The van der Waals surface area contributed by atoms with Crippen molar-refractivity contribution in [1.29, 1.82) is 0 Å². The number of aromatic nitrogens is 2. The summed E-state index contributed by atoms with van der Waals surface area (Å²) in [5.41, 5.74) is 2.47. The number of hydrogen-bond donors (Lipinski definition) is 0. The Morgan fingerprint density at radius 2 is 1.90 bits per heavy atom. The van der Waals surface area contributed by atoms with Crippen LogP contribution in [0.3, 0.4) is 0 Å². The van der Waals surface area contributed by atoms with Gasteiger partial charge in [-0.2, -0.15) is 5.10 Å². The summed E-state index contributed by atoms with van der Waals surface area (Å²) < 4.78 is 1.87. The van der Waals surface area contributed by atoms with E-state index in [0.29, 0.717) is 0 Å². The van der Waals surface area contributed by atoms with Crippen molar-refractivity contribution in [3.8, 4) is 0 Å². The van der Waals surface area contributed by atoms with Crippen molar-refractivity contribution in [3.63, 3.8) is 0 Å². The monoisotopic (exact) mass is 304 g/mol. The molecule has 1 aromatic heterocycles. The number of nitrogens with zero attached hydrogens (tertiary/aromatic N) is 4. The standard InChI is InChI=1S/C16H21ClN4/c1-19-13-14(12-18-19)6-7-20-8-10-21(11-9-20)16-5-3-2-4-15(16)17/h2-5,12-13H,6-11H2,1H3. The molecule has 0 atom stereocenters. The third-order valence-electron chi connectivity index (χ3n) is 4.04. The SMILES string of the molecule is Cn1cc(CCN2CCN(c3ccccc3Cl)CC2)cn1. The molecule has 0 aliphatic carbocycles. The second-order valence-corrected chi connectivity index (χ2v) is 5.96. The summed E-state index contributed by atoms with van der Waals surface area (Å²) in [6.07, 6.45) is 5.12. The fourth-order valence-corrected chi connectivity index (χ4v) is 3.06. The normalized spacial score (nSPS) is 16.4. The van der Waals surface area contributed by atoms with Gasteiger partial charge in [0.05, 0.1) is 16.9 Å². The molecule has 2 aromatic rings. The van der Waals surface area contributed by atoms with Gasteiger partial charge in [0.25, 0.3) is 0 Å². The number of piperazine rings is 1. The zero-order valence-electron chi connectivity index (χ0n) is 12.4. The Balaban J connectivity index is 1.50. The van der Waals surface area contributed by atoms with Crippen molar-refractivity contribution < 1.29 is 0 Å². The van der Waals surface area contributed by atoms with E-state index >= 15 is 0 Å². The Kier molecular flexibility index (Phi) is 4.46. The molecule has 0 saturated carbocycles. The Bertz CT molecular complexity index is 587. The third-order valence-corrected chi connectivity index (χ3v) is 4.36. The quantitative estimate of drug-likeness (QED) is 0.867. The van der Waals surface area contributed by atoms with E-state index < -0.39 is 0 Å². The minimum Gasteiger partial charge on any atom is -0.368 e. The molecular formula is C16H21ClN4. The molecule has 1 aliphatic heterocycles. The van der Waals surface area contributed by atoms with E-state index in [1.165, 1.54) is 5.56 Å². The van der Waals surface area contributed by atoms with Gasteiger partial charge in [-0.05, 0) is 24.1 Å². The molecule has 0 bridgehead atoms. The van der Waals surface area contributed by atoms with Crippen molar-refractivity contribution in [1.82, 2.24) is 14.7 Å². The molecule has 0 radical (unpaired) electrons. The average molecular weight is 305 g/mol. The molecule has 1 saturated heterocycles. The van der Waals surface area contributed by atoms with E-state index in [9.17, 15) is 0 Å². The first-order chi connectivity index (χ1) is 10.2. The van der Waals surface area contributed by atoms with Crippen LogP contribution in [0, 0.1) is 0 Å². The maximum Gasteiger partial charge on any atom is 0.0639 e. The Labute approximate surface area is 130 Å². The van der Waals surface area contributed by atoms with Crippen LogP contribution in [-0.2, 0) is 13.5 Å². The molecule has 1 aromatic carbocycles. The Morgan fingerprint density at radius 1 is 1.14 bits per heavy atom. The number of benzene rings is 1. The van der Waals surface area contributed by atoms with Crippen LogP contribution in [0.15, 0.2) is 36.7 Å². The van der Waals surface area contributed by atoms with Gasteiger partial charge in [0, 0.05) is 46.0 Å². The minimum atomic E-state index is 0.848. The molecule has 21 heavy (non-hydrogen) atoms. The van der Waals surface area contributed by atoms with Crippen molar-refractivity contribution in [2.75, 3.05) is 37.6 Å². The van der Waals surface area contributed by atoms with Crippen LogP contribution in [0.25, 0.3) is 0 Å². The van der Waals surface area contributed by atoms with Crippen molar-refractivity contribution in [2.24, 2.45) is 7.05 Å². The highest BCUT2D eigenvalue weighted by atomic mass is 35.5. The van der Waals surface area contributed by atoms with Crippen LogP contribution in [0.5, 0.6) is 0 Å². The first-order valence-corrected chi connectivity index (χ1v) is 7.79. The molecule has 0 amide bonds. The summed E-state index contributed by atoms with van der Waals surface area (Å²) in [5, 5.41) is 5.07. The van der Waals surface area contributed by atoms with Gasteiger partial charge in [-0.1, -0.05) is 23.7 Å². The lowest BCUT2D eigenvalue weighted by Crippen LogP contribution is -2.47. The number of rotatable bonds is 4. The molecule has 1 fully saturated rings. The van der Waals surface area contributed by atoms with E-state index in [-0.39, 0.29) is 0 Å². The highest BCUT2D eigenvalue weighted by molar-refractivity contribution is 6.33. The fraction of sp³-hybridized carbons (Fsp3) is 0.438. The van der Waals surface area contributed by atoms with Gasteiger partial charge >= 0.3 is 0 Å². The lowest BCUT2D eigenvalue weighted by molar-refractivity contribution is 0.261. The molecule has 2 heterocycles. The molecule has 0 unspecified atom stereocenters. The Hall–Kier alpha value is -1.52. The molecule has 0 spiro atoms. The van der Waals surface area contributed by atoms with E-state index in [0.717, 1.165) is 49.9 Å². The van der Waals surface area contributed by atoms with E-state index in [1.807, 2.05) is 30.1 Å². The smallest absolute Gasteiger partial charge is 0.0639 e. The van der Waals surface area contributed by atoms with Gasteiger partial charge < -0.3 is 4.90 Å². The highest BCUT2D eigenvalue weighted by Crippen LogP contribution is 2.25. The highest BCUT2D eigenvalue weighted by Gasteiger charge is 2.18. The van der Waals surface area contributed by atoms with Crippen LogP contribution in [0.4, 0.5) is 5.69 Å². The molecule has 4 nitrogen and oxygen atoms in total. The van der Waals surface area contributed by atoms with Gasteiger partial charge in [0.15, 0.2) is 0 Å². The zero-order chi connectivity index (χ0) is 14.7. The van der Waals surface area contributed by atoms with Crippen molar-refractivity contribution in [2.45, 2.75) is 6.42 Å². The van der Waals surface area contributed by atoms with Crippen molar-refractivity contribution >= 4 is 17.3 Å². The van der Waals surface area contributed by atoms with E-state index in [4.69, 9.17) is 11.6 Å². The number of halogens is 1. The van der Waals surface area contributed by atoms with Gasteiger partial charge in [-0.3, -0.25) is 9.58 Å². The third kappa shape index (κ3) is 3.57. The number of anilines is 1. The summed E-state index contributed by atoms with van der Waals surface area (Å²) in [6.45, 7) is 5.35. The molecule has 0 N–H and O–H groups in total. The molecule has 3 rings (SSSR count). The summed E-state index contributed by atoms with van der Waals surface area (Å²) in [7, 11) is 1.96. The first-order valence-electron chi connectivity index (χ1n) is 7.42. The number of hydrogen-bond acceptors (Lipinski definition) is 3. The number of aryl methyl sites for hydroxylation is 1.